The van der Waals surface area contributed by atoms with E-state index in [-0.39, 0.29) is 6.61 Å². The zero-order valence-corrected chi connectivity index (χ0v) is 9.80. The number of hydrogen-bond donors (Lipinski definition) is 1. The monoisotopic (exact) mass is 202 g/mol. The quantitative estimate of drug-likeness (QED) is 0.551. The van der Waals surface area contributed by atoms with Gasteiger partial charge in [0.25, 0.3) is 0 Å². The molecule has 0 radical (unpaired) electrons. The van der Waals surface area contributed by atoms with Gasteiger partial charge in [0.1, 0.15) is 0 Å². The van der Waals surface area contributed by atoms with Crippen molar-refractivity contribution in [3.8, 4) is 0 Å². The number of ether oxygens (including phenoxy) is 1. The smallest absolute Gasteiger partial charge is 0.0572 e. The molecule has 1 atom stereocenters. The van der Waals surface area contributed by atoms with Crippen LogP contribution in [0.3, 0.4) is 0 Å². The number of aliphatic hydroxyl groups excluding tert-OH is 1. The molecular weight excluding hydrogens is 176 g/mol. The molecule has 0 aliphatic carbocycles. The van der Waals surface area contributed by atoms with E-state index in [2.05, 4.69) is 6.92 Å². The van der Waals surface area contributed by atoms with Crippen LogP contribution < -0.4 is 0 Å². The maximum absolute atomic E-state index is 8.70. The van der Waals surface area contributed by atoms with Crippen LogP contribution in [0.2, 0.25) is 0 Å². The van der Waals surface area contributed by atoms with Gasteiger partial charge in [0.2, 0.25) is 0 Å². The average Bonchev–Trinajstić information content (AvgIpc) is 2.22. The van der Waals surface area contributed by atoms with Gasteiger partial charge in [0.05, 0.1) is 6.10 Å². The zero-order valence-electron chi connectivity index (χ0n) is 9.80. The van der Waals surface area contributed by atoms with Crippen molar-refractivity contribution in [1.29, 1.82) is 0 Å². The highest BCUT2D eigenvalue weighted by molar-refractivity contribution is 4.58. The zero-order chi connectivity index (χ0) is 10.6. The van der Waals surface area contributed by atoms with Gasteiger partial charge < -0.3 is 9.84 Å². The molecule has 0 bridgehead atoms. The molecule has 0 fully saturated rings. The van der Waals surface area contributed by atoms with E-state index in [4.69, 9.17) is 9.84 Å². The summed E-state index contributed by atoms with van der Waals surface area (Å²) in [7, 11) is 1.77. The molecule has 0 amide bonds. The fourth-order valence-corrected chi connectivity index (χ4v) is 1.67. The van der Waals surface area contributed by atoms with Crippen LogP contribution in [-0.4, -0.2) is 24.9 Å². The SMILES string of the molecule is CCCCCCC[C@H](CCCO)OC. The molecule has 2 nitrogen and oxygen atoms in total. The van der Waals surface area contributed by atoms with Crippen molar-refractivity contribution in [2.24, 2.45) is 0 Å². The Balaban J connectivity index is 3.24. The van der Waals surface area contributed by atoms with Crippen LogP contribution >= 0.6 is 0 Å². The highest BCUT2D eigenvalue weighted by Crippen LogP contribution is 2.12. The minimum absolute atomic E-state index is 0.287. The molecule has 0 unspecified atom stereocenters. The van der Waals surface area contributed by atoms with Gasteiger partial charge in [0.15, 0.2) is 0 Å². The van der Waals surface area contributed by atoms with Gasteiger partial charge in [-0.05, 0) is 19.3 Å². The molecule has 14 heavy (non-hydrogen) atoms. The lowest BCUT2D eigenvalue weighted by atomic mass is 10.0. The van der Waals surface area contributed by atoms with Crippen molar-refractivity contribution in [2.75, 3.05) is 13.7 Å². The summed E-state index contributed by atoms with van der Waals surface area (Å²) in [6.07, 6.45) is 9.99. The molecule has 2 heteroatoms. The van der Waals surface area contributed by atoms with Gasteiger partial charge in [-0.25, -0.2) is 0 Å². The maximum Gasteiger partial charge on any atom is 0.0572 e. The minimum Gasteiger partial charge on any atom is -0.396 e. The second kappa shape index (κ2) is 11.0. The second-order valence-electron chi connectivity index (χ2n) is 3.93. The van der Waals surface area contributed by atoms with Gasteiger partial charge in [-0.1, -0.05) is 39.0 Å². The summed E-state index contributed by atoms with van der Waals surface area (Å²) < 4.78 is 5.35. The van der Waals surface area contributed by atoms with E-state index >= 15 is 0 Å². The maximum atomic E-state index is 8.70. The minimum atomic E-state index is 0.287. The Hall–Kier alpha value is -0.0800. The average molecular weight is 202 g/mol. The molecule has 0 aliphatic heterocycles. The Kier molecular flexibility index (Phi) is 10.9. The van der Waals surface area contributed by atoms with E-state index in [1.54, 1.807) is 7.11 Å². The molecule has 0 saturated heterocycles. The summed E-state index contributed by atoms with van der Waals surface area (Å²) in [5.74, 6) is 0. The van der Waals surface area contributed by atoms with Crippen LogP contribution in [0.25, 0.3) is 0 Å². The van der Waals surface area contributed by atoms with Crippen molar-refractivity contribution in [2.45, 2.75) is 64.4 Å². The van der Waals surface area contributed by atoms with Crippen LogP contribution in [0.1, 0.15) is 58.3 Å². The molecule has 0 heterocycles. The predicted molar refractivity (Wildman–Crippen MR) is 60.5 cm³/mol. The molecule has 0 aliphatic rings. The van der Waals surface area contributed by atoms with E-state index in [1.807, 2.05) is 0 Å². The summed E-state index contributed by atoms with van der Waals surface area (Å²) in [4.78, 5) is 0. The number of rotatable bonds is 10. The van der Waals surface area contributed by atoms with Crippen LogP contribution in [0.5, 0.6) is 0 Å². The number of methoxy groups -OCH3 is 1. The highest BCUT2D eigenvalue weighted by Gasteiger charge is 2.05. The number of aliphatic hydroxyl groups is 1. The van der Waals surface area contributed by atoms with Crippen molar-refractivity contribution in [3.05, 3.63) is 0 Å². The Morgan fingerprint density at radius 2 is 1.64 bits per heavy atom. The third-order valence-corrected chi connectivity index (χ3v) is 2.65. The fraction of sp³-hybridized carbons (Fsp3) is 1.00. The fourth-order valence-electron chi connectivity index (χ4n) is 1.67. The molecule has 0 rings (SSSR count). The topological polar surface area (TPSA) is 29.5 Å². The summed E-state index contributed by atoms with van der Waals surface area (Å²) in [6, 6.07) is 0. The van der Waals surface area contributed by atoms with Crippen LogP contribution in [0, 0.1) is 0 Å². The standard InChI is InChI=1S/C12H26O2/c1-3-4-5-6-7-9-12(14-2)10-8-11-13/h12-13H,3-11H2,1-2H3/t12-/m1/s1. The Morgan fingerprint density at radius 1 is 1.00 bits per heavy atom. The van der Waals surface area contributed by atoms with Crippen LogP contribution in [0.15, 0.2) is 0 Å². The molecule has 0 aromatic heterocycles. The summed E-state index contributed by atoms with van der Waals surface area (Å²) >= 11 is 0. The second-order valence-corrected chi connectivity index (χ2v) is 3.93. The molecule has 0 aromatic rings. The first-order valence-electron chi connectivity index (χ1n) is 5.98. The van der Waals surface area contributed by atoms with E-state index in [1.165, 1.54) is 32.1 Å². The summed E-state index contributed by atoms with van der Waals surface area (Å²) in [5, 5.41) is 8.70. The first-order chi connectivity index (χ1) is 6.85. The van der Waals surface area contributed by atoms with E-state index in [0.717, 1.165) is 19.3 Å². The largest absolute Gasteiger partial charge is 0.396 e. The lowest BCUT2D eigenvalue weighted by molar-refractivity contribution is 0.0787. The number of unbranched alkanes of at least 4 members (excludes halogenated alkanes) is 4. The third-order valence-electron chi connectivity index (χ3n) is 2.65. The first kappa shape index (κ1) is 13.9. The van der Waals surface area contributed by atoms with Crippen molar-refractivity contribution in [1.82, 2.24) is 0 Å². The van der Waals surface area contributed by atoms with Crippen molar-refractivity contribution in [3.63, 3.8) is 0 Å². The van der Waals surface area contributed by atoms with Crippen LogP contribution in [0.4, 0.5) is 0 Å². The van der Waals surface area contributed by atoms with Crippen molar-refractivity contribution < 1.29 is 9.84 Å². The molecule has 86 valence electrons. The first-order valence-corrected chi connectivity index (χ1v) is 5.98. The van der Waals surface area contributed by atoms with Gasteiger partial charge in [-0.15, -0.1) is 0 Å². The van der Waals surface area contributed by atoms with E-state index in [9.17, 15) is 0 Å². The van der Waals surface area contributed by atoms with Gasteiger partial charge in [-0.3, -0.25) is 0 Å². The van der Waals surface area contributed by atoms with E-state index in [0.29, 0.717) is 6.10 Å². The molecular formula is C12H26O2. The summed E-state index contributed by atoms with van der Waals surface area (Å²) in [6.45, 7) is 2.52. The predicted octanol–water partition coefficient (Wildman–Crippen LogP) is 3.13. The molecule has 0 saturated carbocycles. The van der Waals surface area contributed by atoms with Gasteiger partial charge in [0, 0.05) is 13.7 Å². The highest BCUT2D eigenvalue weighted by atomic mass is 16.5. The third kappa shape index (κ3) is 8.52. The summed E-state index contributed by atoms with van der Waals surface area (Å²) in [5.41, 5.74) is 0. The van der Waals surface area contributed by atoms with Crippen molar-refractivity contribution >= 4 is 0 Å². The van der Waals surface area contributed by atoms with E-state index < -0.39 is 0 Å². The molecule has 1 N–H and O–H groups in total. The normalized spacial score (nSPS) is 13.1. The molecule has 0 aromatic carbocycles. The van der Waals surface area contributed by atoms with Gasteiger partial charge >= 0.3 is 0 Å². The lowest BCUT2D eigenvalue weighted by Crippen LogP contribution is -2.10. The lowest BCUT2D eigenvalue weighted by Gasteiger charge is -2.14. The van der Waals surface area contributed by atoms with Gasteiger partial charge in [-0.2, -0.15) is 0 Å². The molecule has 0 spiro atoms. The Bertz CT molecular complexity index is 104. The number of hydrogen-bond acceptors (Lipinski definition) is 2. The Morgan fingerprint density at radius 3 is 2.21 bits per heavy atom. The Labute approximate surface area is 88.7 Å². The van der Waals surface area contributed by atoms with Crippen LogP contribution in [-0.2, 0) is 4.74 Å².